The topological polar surface area (TPSA) is 0 Å². The van der Waals surface area contributed by atoms with Crippen molar-refractivity contribution in [2.45, 2.75) is 40.5 Å². The van der Waals surface area contributed by atoms with Gasteiger partial charge in [-0.1, -0.05) is 25.0 Å². The lowest BCUT2D eigenvalue weighted by Gasteiger charge is -2.26. The summed E-state index contributed by atoms with van der Waals surface area (Å²) in [5, 5.41) is 0. The summed E-state index contributed by atoms with van der Waals surface area (Å²) in [6.07, 6.45) is 2.72. The van der Waals surface area contributed by atoms with Gasteiger partial charge in [-0.25, -0.2) is 0 Å². The summed E-state index contributed by atoms with van der Waals surface area (Å²) in [5.74, 6) is 1.75. The molecule has 10 heavy (non-hydrogen) atoms. The summed E-state index contributed by atoms with van der Waals surface area (Å²) in [7, 11) is 0. The zero-order valence-electron chi connectivity index (χ0n) is 7.57. The molecule has 0 aromatic heterocycles. The number of hydrogen-bond donors (Lipinski definition) is 0. The molecule has 2 atom stereocenters. The Labute approximate surface area is 64.3 Å². The van der Waals surface area contributed by atoms with Gasteiger partial charge in [0.05, 0.1) is 0 Å². The summed E-state index contributed by atoms with van der Waals surface area (Å²) in [4.78, 5) is 0. The van der Waals surface area contributed by atoms with Crippen LogP contribution in [0.15, 0.2) is 11.1 Å². The van der Waals surface area contributed by atoms with Gasteiger partial charge in [-0.3, -0.25) is 0 Å². The molecule has 0 saturated carbocycles. The van der Waals surface area contributed by atoms with Gasteiger partial charge in [0, 0.05) is 0 Å². The molecule has 0 aromatic rings. The third kappa shape index (κ3) is 1.42. The molecule has 1 aliphatic carbocycles. The lowest BCUT2D eigenvalue weighted by Crippen LogP contribution is -2.12. The highest BCUT2D eigenvalue weighted by molar-refractivity contribution is 5.15. The van der Waals surface area contributed by atoms with Crippen molar-refractivity contribution in [3.63, 3.8) is 0 Å². The highest BCUT2D eigenvalue weighted by Gasteiger charge is 2.18. The maximum atomic E-state index is 2.35. The molecule has 0 radical (unpaired) electrons. The van der Waals surface area contributed by atoms with Crippen LogP contribution in [-0.4, -0.2) is 0 Å². The first kappa shape index (κ1) is 7.84. The maximum absolute atomic E-state index is 2.35. The van der Waals surface area contributed by atoms with Crippen LogP contribution in [-0.2, 0) is 0 Å². The molecular weight excluding hydrogens is 120 g/mol. The molecule has 0 aromatic carbocycles. The molecule has 0 saturated heterocycles. The Hall–Kier alpha value is -0.260. The molecule has 0 aliphatic heterocycles. The highest BCUT2D eigenvalue weighted by atomic mass is 14.2. The van der Waals surface area contributed by atoms with Crippen molar-refractivity contribution < 1.29 is 0 Å². The predicted molar refractivity (Wildman–Crippen MR) is 45.9 cm³/mol. The molecule has 0 amide bonds. The Morgan fingerprint density at radius 2 is 1.80 bits per heavy atom. The van der Waals surface area contributed by atoms with Gasteiger partial charge in [-0.15, -0.1) is 0 Å². The minimum absolute atomic E-state index is 0.837. The van der Waals surface area contributed by atoms with Crippen molar-refractivity contribution in [2.75, 3.05) is 0 Å². The molecule has 1 unspecified atom stereocenters. The van der Waals surface area contributed by atoms with Gasteiger partial charge in [0.25, 0.3) is 0 Å². The van der Waals surface area contributed by atoms with Crippen LogP contribution in [0.25, 0.3) is 0 Å². The van der Waals surface area contributed by atoms with Gasteiger partial charge in [-0.2, -0.15) is 0 Å². The third-order valence-electron chi connectivity index (χ3n) is 2.82. The standard InChI is InChI=1S/C10H18/c1-7-5-8(2)10(4)9(3)6-7/h7-8H,5-6H2,1-4H3/t7-,8?/m0/s1. The molecule has 0 N–H and O–H groups in total. The minimum atomic E-state index is 0.837. The van der Waals surface area contributed by atoms with Crippen LogP contribution in [0.2, 0.25) is 0 Å². The van der Waals surface area contributed by atoms with E-state index >= 15 is 0 Å². The Balaban J connectivity index is 2.74. The van der Waals surface area contributed by atoms with Crippen molar-refractivity contribution in [1.82, 2.24) is 0 Å². The second kappa shape index (κ2) is 2.77. The first-order valence-electron chi connectivity index (χ1n) is 4.27. The van der Waals surface area contributed by atoms with Crippen LogP contribution >= 0.6 is 0 Å². The van der Waals surface area contributed by atoms with Crippen molar-refractivity contribution in [2.24, 2.45) is 11.8 Å². The maximum Gasteiger partial charge on any atom is -0.0229 e. The van der Waals surface area contributed by atoms with Gasteiger partial charge >= 0.3 is 0 Å². The van der Waals surface area contributed by atoms with Crippen LogP contribution in [0.4, 0.5) is 0 Å². The zero-order chi connectivity index (χ0) is 7.72. The second-order valence-electron chi connectivity index (χ2n) is 3.91. The van der Waals surface area contributed by atoms with Crippen LogP contribution in [0.5, 0.6) is 0 Å². The Bertz CT molecular complexity index is 153. The van der Waals surface area contributed by atoms with E-state index in [-0.39, 0.29) is 0 Å². The number of hydrogen-bond acceptors (Lipinski definition) is 0. The fourth-order valence-electron chi connectivity index (χ4n) is 1.97. The van der Waals surface area contributed by atoms with Crippen molar-refractivity contribution in [3.8, 4) is 0 Å². The Morgan fingerprint density at radius 1 is 1.20 bits per heavy atom. The van der Waals surface area contributed by atoms with E-state index in [0.717, 1.165) is 11.8 Å². The largest absolute Gasteiger partial charge is 0.0739 e. The van der Waals surface area contributed by atoms with Crippen LogP contribution in [0, 0.1) is 11.8 Å². The normalized spacial score (nSPS) is 34.8. The van der Waals surface area contributed by atoms with Gasteiger partial charge in [0.15, 0.2) is 0 Å². The highest BCUT2D eigenvalue weighted by Crippen LogP contribution is 2.32. The van der Waals surface area contributed by atoms with E-state index in [9.17, 15) is 0 Å². The molecule has 0 nitrogen and oxygen atoms in total. The van der Waals surface area contributed by atoms with E-state index in [0.29, 0.717) is 0 Å². The summed E-state index contributed by atoms with van der Waals surface area (Å²) in [6, 6.07) is 0. The fourth-order valence-corrected chi connectivity index (χ4v) is 1.97. The molecule has 1 aliphatic rings. The van der Waals surface area contributed by atoms with Crippen LogP contribution in [0.1, 0.15) is 40.5 Å². The lowest BCUT2D eigenvalue weighted by atomic mass is 9.80. The van der Waals surface area contributed by atoms with E-state index in [1.807, 2.05) is 0 Å². The van der Waals surface area contributed by atoms with Crippen LogP contribution in [0.3, 0.4) is 0 Å². The summed E-state index contributed by atoms with van der Waals surface area (Å²) >= 11 is 0. The van der Waals surface area contributed by atoms with Crippen LogP contribution < -0.4 is 0 Å². The first-order chi connectivity index (χ1) is 4.61. The predicted octanol–water partition coefficient (Wildman–Crippen LogP) is 3.39. The van der Waals surface area contributed by atoms with E-state index < -0.39 is 0 Å². The SMILES string of the molecule is CC1=C(C)C(C)C[C@H](C)C1. The second-order valence-corrected chi connectivity index (χ2v) is 3.91. The summed E-state index contributed by atoms with van der Waals surface area (Å²) in [6.45, 7) is 9.26. The quantitative estimate of drug-likeness (QED) is 0.450. The lowest BCUT2D eigenvalue weighted by molar-refractivity contribution is 0.416. The van der Waals surface area contributed by atoms with Crippen molar-refractivity contribution >= 4 is 0 Å². The summed E-state index contributed by atoms with van der Waals surface area (Å²) < 4.78 is 0. The molecule has 58 valence electrons. The number of rotatable bonds is 0. The average molecular weight is 138 g/mol. The van der Waals surface area contributed by atoms with E-state index in [1.54, 1.807) is 11.1 Å². The van der Waals surface area contributed by atoms with Gasteiger partial charge in [-0.05, 0) is 38.5 Å². The molecule has 0 fully saturated rings. The van der Waals surface area contributed by atoms with E-state index in [1.165, 1.54) is 12.8 Å². The molecule has 0 spiro atoms. The Kier molecular flexibility index (Phi) is 2.18. The van der Waals surface area contributed by atoms with E-state index in [4.69, 9.17) is 0 Å². The molecule has 0 heteroatoms. The first-order valence-corrected chi connectivity index (χ1v) is 4.27. The zero-order valence-corrected chi connectivity index (χ0v) is 7.57. The van der Waals surface area contributed by atoms with Gasteiger partial charge in [0.2, 0.25) is 0 Å². The van der Waals surface area contributed by atoms with Crippen molar-refractivity contribution in [1.29, 1.82) is 0 Å². The fraction of sp³-hybridized carbons (Fsp3) is 0.800. The van der Waals surface area contributed by atoms with Gasteiger partial charge < -0.3 is 0 Å². The molecule has 1 rings (SSSR count). The van der Waals surface area contributed by atoms with E-state index in [2.05, 4.69) is 27.7 Å². The smallest absolute Gasteiger partial charge is 0.0229 e. The third-order valence-corrected chi connectivity index (χ3v) is 2.82. The van der Waals surface area contributed by atoms with Crippen molar-refractivity contribution in [3.05, 3.63) is 11.1 Å². The molecular formula is C10H18. The summed E-state index contributed by atoms with van der Waals surface area (Å²) in [5.41, 5.74) is 3.27. The molecule has 0 bridgehead atoms. The average Bonchev–Trinajstić information content (AvgIpc) is 1.82. The molecule has 0 heterocycles. The minimum Gasteiger partial charge on any atom is -0.0739 e. The number of allylic oxidation sites excluding steroid dienone is 2. The Morgan fingerprint density at radius 3 is 2.30 bits per heavy atom. The monoisotopic (exact) mass is 138 g/mol. The van der Waals surface area contributed by atoms with Gasteiger partial charge in [0.1, 0.15) is 0 Å².